The Morgan fingerprint density at radius 1 is 1.32 bits per heavy atom. The maximum atomic E-state index is 12.0. The summed E-state index contributed by atoms with van der Waals surface area (Å²) in [7, 11) is 0. The molecule has 3 N–H and O–H groups in total. The molecule has 2 unspecified atom stereocenters. The molecule has 1 aliphatic rings. The van der Waals surface area contributed by atoms with E-state index < -0.39 is 12.1 Å². The first-order valence-electron chi connectivity index (χ1n) is 6.99. The number of ether oxygens (including phenoxy) is 1. The SMILES string of the molecule is Cl.NC1CCN(C(=O)OCc2ccccc2)CC1CC(=O)O. The number of hydrogen-bond acceptors (Lipinski definition) is 4. The number of carbonyl (C=O) groups is 2. The highest BCUT2D eigenvalue weighted by atomic mass is 35.5. The van der Waals surface area contributed by atoms with Gasteiger partial charge in [-0.05, 0) is 12.0 Å². The van der Waals surface area contributed by atoms with E-state index in [4.69, 9.17) is 15.6 Å². The molecule has 1 aliphatic heterocycles. The minimum Gasteiger partial charge on any atom is -0.481 e. The quantitative estimate of drug-likeness (QED) is 0.880. The van der Waals surface area contributed by atoms with E-state index in [1.165, 1.54) is 0 Å². The van der Waals surface area contributed by atoms with Gasteiger partial charge in [-0.1, -0.05) is 30.3 Å². The standard InChI is InChI=1S/C15H20N2O4.ClH/c16-13-6-7-17(9-12(13)8-14(18)19)15(20)21-10-11-4-2-1-3-5-11;/h1-5,12-13H,6-10,16H2,(H,18,19);1H. The Kier molecular flexibility index (Phi) is 7.14. The van der Waals surface area contributed by atoms with Crippen molar-refractivity contribution >= 4 is 24.5 Å². The lowest BCUT2D eigenvalue weighted by Crippen LogP contribution is -2.49. The normalized spacial score (nSPS) is 20.9. The number of nitrogens with zero attached hydrogens (tertiary/aromatic N) is 1. The van der Waals surface area contributed by atoms with Crippen molar-refractivity contribution in [1.82, 2.24) is 4.90 Å². The number of carboxylic acid groups (broad SMARTS) is 1. The molecule has 1 aromatic rings. The molecule has 1 fully saturated rings. The molecule has 0 bridgehead atoms. The predicted octanol–water partition coefficient (Wildman–Crippen LogP) is 1.87. The summed E-state index contributed by atoms with van der Waals surface area (Å²) in [6.07, 6.45) is 0.156. The van der Waals surface area contributed by atoms with Crippen molar-refractivity contribution < 1.29 is 19.4 Å². The number of aliphatic carboxylic acids is 1. The molecule has 7 heteroatoms. The van der Waals surface area contributed by atoms with Crippen molar-refractivity contribution in [1.29, 1.82) is 0 Å². The third-order valence-electron chi connectivity index (χ3n) is 3.69. The van der Waals surface area contributed by atoms with Crippen LogP contribution in [0.3, 0.4) is 0 Å². The van der Waals surface area contributed by atoms with Crippen molar-refractivity contribution in [2.24, 2.45) is 11.7 Å². The number of amides is 1. The molecule has 22 heavy (non-hydrogen) atoms. The fourth-order valence-electron chi connectivity index (χ4n) is 2.47. The molecule has 0 saturated carbocycles. The van der Waals surface area contributed by atoms with Gasteiger partial charge in [0.2, 0.25) is 0 Å². The second kappa shape index (κ2) is 8.60. The number of hydrogen-bond donors (Lipinski definition) is 2. The minimum atomic E-state index is -0.894. The summed E-state index contributed by atoms with van der Waals surface area (Å²) < 4.78 is 5.25. The number of nitrogens with two attached hydrogens (primary N) is 1. The topological polar surface area (TPSA) is 92.9 Å². The lowest BCUT2D eigenvalue weighted by atomic mass is 9.90. The number of benzene rings is 1. The van der Waals surface area contributed by atoms with Crippen LogP contribution in [0.1, 0.15) is 18.4 Å². The summed E-state index contributed by atoms with van der Waals surface area (Å²) in [6.45, 7) is 1.05. The van der Waals surface area contributed by atoms with Gasteiger partial charge in [0.25, 0.3) is 0 Å². The van der Waals surface area contributed by atoms with Gasteiger partial charge in [-0.25, -0.2) is 4.79 Å². The van der Waals surface area contributed by atoms with Crippen LogP contribution in [0.5, 0.6) is 0 Å². The molecule has 2 rings (SSSR count). The predicted molar refractivity (Wildman–Crippen MR) is 83.8 cm³/mol. The van der Waals surface area contributed by atoms with E-state index in [1.54, 1.807) is 4.90 Å². The zero-order valence-electron chi connectivity index (χ0n) is 12.2. The Labute approximate surface area is 135 Å². The molecule has 1 amide bonds. The summed E-state index contributed by atoms with van der Waals surface area (Å²) >= 11 is 0. The number of carboxylic acids is 1. The number of rotatable bonds is 4. The van der Waals surface area contributed by atoms with Gasteiger partial charge in [0, 0.05) is 25.0 Å². The van der Waals surface area contributed by atoms with E-state index in [1.807, 2.05) is 30.3 Å². The highest BCUT2D eigenvalue weighted by Gasteiger charge is 2.31. The van der Waals surface area contributed by atoms with Gasteiger partial charge in [-0.2, -0.15) is 0 Å². The fourth-order valence-corrected chi connectivity index (χ4v) is 2.47. The first-order chi connectivity index (χ1) is 10.1. The van der Waals surface area contributed by atoms with E-state index in [0.717, 1.165) is 5.56 Å². The maximum absolute atomic E-state index is 12.0. The second-order valence-electron chi connectivity index (χ2n) is 5.30. The Hall–Kier alpha value is -1.79. The molecular weight excluding hydrogens is 308 g/mol. The molecule has 122 valence electrons. The summed E-state index contributed by atoms with van der Waals surface area (Å²) in [4.78, 5) is 24.4. The van der Waals surface area contributed by atoms with Crippen LogP contribution in [0.4, 0.5) is 4.79 Å². The Bertz CT molecular complexity index is 498. The van der Waals surface area contributed by atoms with Crippen molar-refractivity contribution in [2.45, 2.75) is 25.5 Å². The monoisotopic (exact) mass is 328 g/mol. The molecule has 0 aromatic heterocycles. The van der Waals surface area contributed by atoms with Crippen molar-refractivity contribution in [3.63, 3.8) is 0 Å². The van der Waals surface area contributed by atoms with Crippen LogP contribution >= 0.6 is 12.4 Å². The zero-order chi connectivity index (χ0) is 15.2. The van der Waals surface area contributed by atoms with Crippen LogP contribution in [-0.4, -0.2) is 41.2 Å². The number of likely N-dealkylation sites (tertiary alicyclic amines) is 1. The lowest BCUT2D eigenvalue weighted by Gasteiger charge is -2.35. The van der Waals surface area contributed by atoms with Crippen molar-refractivity contribution in [3.8, 4) is 0 Å². The summed E-state index contributed by atoms with van der Waals surface area (Å²) in [5.74, 6) is -1.12. The van der Waals surface area contributed by atoms with Crippen LogP contribution in [0.2, 0.25) is 0 Å². The van der Waals surface area contributed by atoms with E-state index in [0.29, 0.717) is 19.5 Å². The first kappa shape index (κ1) is 18.3. The van der Waals surface area contributed by atoms with E-state index in [9.17, 15) is 9.59 Å². The van der Waals surface area contributed by atoms with Gasteiger partial charge in [0.05, 0.1) is 6.42 Å². The average Bonchev–Trinajstić information content (AvgIpc) is 2.47. The van der Waals surface area contributed by atoms with E-state index >= 15 is 0 Å². The van der Waals surface area contributed by atoms with Crippen LogP contribution in [-0.2, 0) is 16.1 Å². The highest BCUT2D eigenvalue weighted by Crippen LogP contribution is 2.20. The van der Waals surface area contributed by atoms with Gasteiger partial charge in [0.15, 0.2) is 0 Å². The van der Waals surface area contributed by atoms with Gasteiger partial charge >= 0.3 is 12.1 Å². The summed E-state index contributed by atoms with van der Waals surface area (Å²) in [5, 5.41) is 8.87. The summed E-state index contributed by atoms with van der Waals surface area (Å²) in [5.41, 5.74) is 6.83. The first-order valence-corrected chi connectivity index (χ1v) is 6.99. The van der Waals surface area contributed by atoms with E-state index in [2.05, 4.69) is 0 Å². The van der Waals surface area contributed by atoms with E-state index in [-0.39, 0.29) is 37.4 Å². The van der Waals surface area contributed by atoms with Crippen LogP contribution in [0, 0.1) is 5.92 Å². The molecule has 6 nitrogen and oxygen atoms in total. The molecule has 0 aliphatic carbocycles. The average molecular weight is 329 g/mol. The third-order valence-corrected chi connectivity index (χ3v) is 3.69. The number of halogens is 1. The molecule has 0 radical (unpaired) electrons. The second-order valence-corrected chi connectivity index (χ2v) is 5.30. The summed E-state index contributed by atoms with van der Waals surface area (Å²) in [6, 6.07) is 9.24. The van der Waals surface area contributed by atoms with Crippen LogP contribution < -0.4 is 5.73 Å². The molecule has 2 atom stereocenters. The largest absolute Gasteiger partial charge is 0.481 e. The third kappa shape index (κ3) is 5.20. The fraction of sp³-hybridized carbons (Fsp3) is 0.467. The van der Waals surface area contributed by atoms with Gasteiger partial charge in [-0.15, -0.1) is 12.4 Å². The van der Waals surface area contributed by atoms with Gasteiger partial charge in [-0.3, -0.25) is 4.79 Å². The van der Waals surface area contributed by atoms with Gasteiger partial charge < -0.3 is 20.5 Å². The Balaban J connectivity index is 0.00000242. The van der Waals surface area contributed by atoms with Crippen molar-refractivity contribution in [2.75, 3.05) is 13.1 Å². The highest BCUT2D eigenvalue weighted by molar-refractivity contribution is 5.85. The molecule has 1 heterocycles. The molecule has 1 saturated heterocycles. The van der Waals surface area contributed by atoms with Crippen LogP contribution in [0.15, 0.2) is 30.3 Å². The Morgan fingerprint density at radius 3 is 2.64 bits per heavy atom. The lowest BCUT2D eigenvalue weighted by molar-refractivity contribution is -0.138. The smallest absolute Gasteiger partial charge is 0.410 e. The van der Waals surface area contributed by atoms with Gasteiger partial charge in [0.1, 0.15) is 6.61 Å². The number of piperidine rings is 1. The molecular formula is C15H21ClN2O4. The molecule has 0 spiro atoms. The number of carbonyl (C=O) groups excluding carboxylic acids is 1. The zero-order valence-corrected chi connectivity index (χ0v) is 13.0. The Morgan fingerprint density at radius 2 is 2.00 bits per heavy atom. The van der Waals surface area contributed by atoms with Crippen LogP contribution in [0.25, 0.3) is 0 Å². The maximum Gasteiger partial charge on any atom is 0.410 e. The molecule has 1 aromatic carbocycles. The van der Waals surface area contributed by atoms with Crippen molar-refractivity contribution in [3.05, 3.63) is 35.9 Å². The minimum absolute atomic E-state index is 0.